The summed E-state index contributed by atoms with van der Waals surface area (Å²) in [5, 5.41) is 19.2. The van der Waals surface area contributed by atoms with Gasteiger partial charge in [-0.25, -0.2) is 4.39 Å². The standard InChI is InChI=1S/C19H15FN2O3S/c1-11-3-4-14(12(2)9-11)10-16(18(23)24)26-19-22-21-17(25-19)13-5-7-15(20)8-6-13/h3-10H,1-2H3,(H,23,24)/p-1/b16-10+. The molecule has 0 radical (unpaired) electrons. The maximum atomic E-state index is 13.0. The molecule has 0 aliphatic rings. The second-order valence-electron chi connectivity index (χ2n) is 5.64. The van der Waals surface area contributed by atoms with Crippen LogP contribution >= 0.6 is 11.8 Å². The van der Waals surface area contributed by atoms with Crippen LogP contribution in [-0.2, 0) is 4.79 Å². The summed E-state index contributed by atoms with van der Waals surface area (Å²) >= 11 is 0.808. The molecular weight excluding hydrogens is 355 g/mol. The Balaban J connectivity index is 1.86. The smallest absolute Gasteiger partial charge is 0.281 e. The van der Waals surface area contributed by atoms with Gasteiger partial charge in [-0.2, -0.15) is 0 Å². The molecule has 2 aromatic carbocycles. The molecule has 132 valence electrons. The van der Waals surface area contributed by atoms with Gasteiger partial charge < -0.3 is 14.3 Å². The molecule has 0 atom stereocenters. The molecule has 0 fully saturated rings. The molecule has 0 amide bonds. The average Bonchev–Trinajstić information content (AvgIpc) is 3.05. The van der Waals surface area contributed by atoms with Gasteiger partial charge in [-0.15, -0.1) is 10.2 Å². The topological polar surface area (TPSA) is 79.0 Å². The van der Waals surface area contributed by atoms with E-state index in [1.54, 1.807) is 0 Å². The molecule has 7 heteroatoms. The maximum Gasteiger partial charge on any atom is 0.281 e. The summed E-state index contributed by atoms with van der Waals surface area (Å²) in [4.78, 5) is 11.4. The number of halogens is 1. The molecule has 0 aliphatic heterocycles. The molecule has 0 aliphatic carbocycles. The Morgan fingerprint density at radius 3 is 2.54 bits per heavy atom. The lowest BCUT2D eigenvalue weighted by Crippen LogP contribution is -2.23. The van der Waals surface area contributed by atoms with Crippen molar-refractivity contribution < 1.29 is 18.7 Å². The lowest BCUT2D eigenvalue weighted by molar-refractivity contribution is -0.298. The van der Waals surface area contributed by atoms with Crippen molar-refractivity contribution in [3.05, 3.63) is 69.9 Å². The first-order valence-electron chi connectivity index (χ1n) is 7.70. The number of carboxylic acids is 1. The molecule has 0 bridgehead atoms. The number of carbonyl (C=O) groups is 1. The number of rotatable bonds is 5. The molecule has 0 unspecified atom stereocenters. The number of thioether (sulfide) groups is 1. The highest BCUT2D eigenvalue weighted by atomic mass is 32.2. The highest BCUT2D eigenvalue weighted by Gasteiger charge is 2.12. The molecule has 26 heavy (non-hydrogen) atoms. The van der Waals surface area contributed by atoms with E-state index in [1.807, 2.05) is 32.0 Å². The molecule has 1 heterocycles. The minimum atomic E-state index is -1.34. The van der Waals surface area contributed by atoms with Crippen LogP contribution in [0.5, 0.6) is 0 Å². The lowest BCUT2D eigenvalue weighted by atomic mass is 10.1. The quantitative estimate of drug-likeness (QED) is 0.507. The van der Waals surface area contributed by atoms with Crippen LogP contribution < -0.4 is 5.11 Å². The molecule has 1 aromatic heterocycles. The van der Waals surface area contributed by atoms with Gasteiger partial charge in [0.1, 0.15) is 5.82 Å². The van der Waals surface area contributed by atoms with Crippen LogP contribution in [0.2, 0.25) is 0 Å². The Labute approximate surface area is 153 Å². The van der Waals surface area contributed by atoms with Crippen LogP contribution in [0.4, 0.5) is 4.39 Å². The van der Waals surface area contributed by atoms with Crippen LogP contribution in [0, 0.1) is 19.7 Å². The van der Waals surface area contributed by atoms with E-state index in [9.17, 15) is 14.3 Å². The fourth-order valence-corrected chi connectivity index (χ4v) is 2.97. The Morgan fingerprint density at radius 2 is 1.88 bits per heavy atom. The van der Waals surface area contributed by atoms with Crippen molar-refractivity contribution in [2.24, 2.45) is 0 Å². The van der Waals surface area contributed by atoms with Crippen LogP contribution in [0.1, 0.15) is 16.7 Å². The van der Waals surface area contributed by atoms with E-state index in [0.29, 0.717) is 5.56 Å². The minimum absolute atomic E-state index is 0.0498. The SMILES string of the molecule is Cc1ccc(/C=C(/Sc2nnc(-c3ccc(F)cc3)o2)C(=O)[O-])c(C)c1. The minimum Gasteiger partial charge on any atom is -0.544 e. The number of hydrogen-bond acceptors (Lipinski definition) is 6. The highest BCUT2D eigenvalue weighted by Crippen LogP contribution is 2.30. The van der Waals surface area contributed by atoms with Crippen molar-refractivity contribution in [2.75, 3.05) is 0 Å². The first kappa shape index (κ1) is 17.9. The van der Waals surface area contributed by atoms with Gasteiger partial charge in [-0.05, 0) is 67.1 Å². The molecule has 0 saturated carbocycles. The summed E-state index contributed by atoms with van der Waals surface area (Å²) < 4.78 is 18.4. The second-order valence-corrected chi connectivity index (χ2v) is 6.63. The molecule has 0 N–H and O–H groups in total. The summed E-state index contributed by atoms with van der Waals surface area (Å²) in [5.74, 6) is -1.54. The van der Waals surface area contributed by atoms with Gasteiger partial charge in [-0.3, -0.25) is 0 Å². The zero-order chi connectivity index (χ0) is 18.7. The van der Waals surface area contributed by atoms with Gasteiger partial charge in [0, 0.05) is 10.5 Å². The van der Waals surface area contributed by atoms with E-state index in [4.69, 9.17) is 4.42 Å². The molecule has 3 aromatic rings. The molecule has 0 spiro atoms. The third-order valence-corrected chi connectivity index (χ3v) is 4.45. The lowest BCUT2D eigenvalue weighted by Gasteiger charge is -2.07. The maximum absolute atomic E-state index is 13.0. The van der Waals surface area contributed by atoms with E-state index >= 15 is 0 Å². The monoisotopic (exact) mass is 369 g/mol. The van der Waals surface area contributed by atoms with E-state index in [0.717, 1.165) is 28.5 Å². The number of hydrogen-bond donors (Lipinski definition) is 0. The number of aryl methyl sites for hydroxylation is 2. The molecule has 3 rings (SSSR count). The first-order valence-corrected chi connectivity index (χ1v) is 8.51. The summed E-state index contributed by atoms with van der Waals surface area (Å²) in [7, 11) is 0. The number of aromatic nitrogens is 2. The van der Waals surface area contributed by atoms with Gasteiger partial charge in [0.15, 0.2) is 0 Å². The third-order valence-electron chi connectivity index (χ3n) is 3.61. The summed E-state index contributed by atoms with van der Waals surface area (Å²) in [6.07, 6.45) is 1.51. The fourth-order valence-electron chi connectivity index (χ4n) is 2.31. The Kier molecular flexibility index (Phi) is 5.18. The second kappa shape index (κ2) is 7.53. The normalized spacial score (nSPS) is 11.6. The van der Waals surface area contributed by atoms with Gasteiger partial charge in [0.05, 0.1) is 5.97 Å². The zero-order valence-electron chi connectivity index (χ0n) is 14.0. The predicted molar refractivity (Wildman–Crippen MR) is 94.4 cm³/mol. The first-order chi connectivity index (χ1) is 12.4. The van der Waals surface area contributed by atoms with Crippen LogP contribution in [0.15, 0.2) is 57.0 Å². The van der Waals surface area contributed by atoms with E-state index in [2.05, 4.69) is 10.2 Å². The number of nitrogens with zero attached hydrogens (tertiary/aromatic N) is 2. The van der Waals surface area contributed by atoms with Gasteiger partial charge in [0.25, 0.3) is 5.22 Å². The number of benzene rings is 2. The number of aliphatic carboxylic acids is 1. The summed E-state index contributed by atoms with van der Waals surface area (Å²) in [6.45, 7) is 3.86. The fraction of sp³-hybridized carbons (Fsp3) is 0.105. The van der Waals surface area contributed by atoms with Crippen LogP contribution in [0.25, 0.3) is 17.5 Å². The molecule has 5 nitrogen and oxygen atoms in total. The van der Waals surface area contributed by atoms with Crippen LogP contribution in [-0.4, -0.2) is 16.2 Å². The van der Waals surface area contributed by atoms with Gasteiger partial charge in [0.2, 0.25) is 5.89 Å². The van der Waals surface area contributed by atoms with Crippen LogP contribution in [0.3, 0.4) is 0 Å². The van der Waals surface area contributed by atoms with E-state index < -0.39 is 5.97 Å². The average molecular weight is 369 g/mol. The van der Waals surface area contributed by atoms with Gasteiger partial charge >= 0.3 is 0 Å². The van der Waals surface area contributed by atoms with Crippen molar-refractivity contribution in [2.45, 2.75) is 19.1 Å². The number of carbonyl (C=O) groups excluding carboxylic acids is 1. The summed E-state index contributed by atoms with van der Waals surface area (Å²) in [5.41, 5.74) is 3.34. The molecule has 0 saturated heterocycles. The van der Waals surface area contributed by atoms with E-state index in [1.165, 1.54) is 30.3 Å². The highest BCUT2D eigenvalue weighted by molar-refractivity contribution is 8.03. The predicted octanol–water partition coefficient (Wildman–Crippen LogP) is 3.38. The Bertz CT molecular complexity index is 981. The van der Waals surface area contributed by atoms with Crippen molar-refractivity contribution in [3.8, 4) is 11.5 Å². The number of carboxylic acid groups (broad SMARTS) is 1. The van der Waals surface area contributed by atoms with Crippen molar-refractivity contribution in [3.63, 3.8) is 0 Å². The van der Waals surface area contributed by atoms with E-state index in [-0.39, 0.29) is 21.8 Å². The zero-order valence-corrected chi connectivity index (χ0v) is 14.8. The van der Waals surface area contributed by atoms with Crippen molar-refractivity contribution in [1.82, 2.24) is 10.2 Å². The summed E-state index contributed by atoms with van der Waals surface area (Å²) in [6, 6.07) is 11.3. The third kappa shape index (κ3) is 4.18. The Morgan fingerprint density at radius 1 is 1.15 bits per heavy atom. The molecular formula is C19H14FN2O3S-. The largest absolute Gasteiger partial charge is 0.544 e. The Hall–Kier alpha value is -2.93. The van der Waals surface area contributed by atoms with Crippen molar-refractivity contribution >= 4 is 23.8 Å². The van der Waals surface area contributed by atoms with Gasteiger partial charge in [-0.1, -0.05) is 23.8 Å². The van der Waals surface area contributed by atoms with Crippen molar-refractivity contribution in [1.29, 1.82) is 0 Å².